The molecule has 0 amide bonds. The fourth-order valence-corrected chi connectivity index (χ4v) is 5.90. The van der Waals surface area contributed by atoms with Crippen molar-refractivity contribution in [2.45, 2.75) is 11.2 Å². The molecule has 4 aromatic rings. The van der Waals surface area contributed by atoms with Crippen LogP contribution in [0.2, 0.25) is 0 Å². The molecule has 0 spiro atoms. The Bertz CT molecular complexity index is 1510. The molecule has 0 bridgehead atoms. The zero-order chi connectivity index (χ0) is 26.9. The molecule has 1 aliphatic carbocycles. The summed E-state index contributed by atoms with van der Waals surface area (Å²) in [5, 5.41) is 24.6. The molecule has 4 aromatic carbocycles. The Morgan fingerprint density at radius 1 is 0.579 bits per heavy atom. The number of methoxy groups -OCH3 is 2. The van der Waals surface area contributed by atoms with Crippen LogP contribution in [-0.2, 0) is 11.2 Å². The van der Waals surface area contributed by atoms with E-state index in [1.807, 2.05) is 72.8 Å². The molecule has 188 valence electrons. The maximum absolute atomic E-state index is 12.3. The molecule has 4 nitrogen and oxygen atoms in total. The van der Waals surface area contributed by atoms with E-state index in [0.717, 1.165) is 11.5 Å². The van der Waals surface area contributed by atoms with E-state index in [1.165, 1.54) is 0 Å². The third-order valence-electron chi connectivity index (χ3n) is 6.49. The highest BCUT2D eigenvalue weighted by Crippen LogP contribution is 2.51. The van der Waals surface area contributed by atoms with Crippen LogP contribution in [0.25, 0.3) is 0 Å². The number of aliphatic hydroxyl groups is 2. The van der Waals surface area contributed by atoms with Crippen molar-refractivity contribution in [2.24, 2.45) is 0 Å². The molecule has 0 aliphatic heterocycles. The number of fused-ring (bicyclic) bond motifs is 2. The summed E-state index contributed by atoms with van der Waals surface area (Å²) in [6.45, 7) is 0. The van der Waals surface area contributed by atoms with Gasteiger partial charge in [0.15, 0.2) is 11.2 Å². The molecule has 1 aliphatic rings. The summed E-state index contributed by atoms with van der Waals surface area (Å²) in [7, 11) is 3.21. The third-order valence-corrected chi connectivity index (χ3v) is 7.81. The predicted molar refractivity (Wildman–Crippen MR) is 154 cm³/mol. The molecule has 2 atom stereocenters. The maximum atomic E-state index is 12.3. The molecule has 0 heterocycles. The number of rotatable bonds is 2. The van der Waals surface area contributed by atoms with E-state index in [4.69, 9.17) is 9.47 Å². The molecule has 2 N–H and O–H groups in total. The Balaban J connectivity index is 1.73. The molecule has 38 heavy (non-hydrogen) atoms. The first-order chi connectivity index (χ1) is 18.3. The SMILES string of the molecule is COc1ccc(C#C[C@]2(O)c3cccc(Br)c3[C@](O)(C#Cc3ccc(OC)cc3)c3cccc(Br)c32)cc1. The van der Waals surface area contributed by atoms with E-state index in [1.54, 1.807) is 26.4 Å². The molecular formula is C32H22Br2O4. The molecule has 0 unspecified atom stereocenters. The van der Waals surface area contributed by atoms with Gasteiger partial charge in [-0.05, 0) is 60.7 Å². The quantitative estimate of drug-likeness (QED) is 0.263. The molecule has 0 saturated heterocycles. The topological polar surface area (TPSA) is 58.9 Å². The molecular weight excluding hydrogens is 608 g/mol. The number of hydrogen-bond donors (Lipinski definition) is 2. The lowest BCUT2D eigenvalue weighted by Gasteiger charge is -2.41. The second-order valence-electron chi connectivity index (χ2n) is 8.70. The normalized spacial score (nSPS) is 19.1. The summed E-state index contributed by atoms with van der Waals surface area (Å²) >= 11 is 7.22. The van der Waals surface area contributed by atoms with Crippen molar-refractivity contribution in [3.8, 4) is 35.2 Å². The molecule has 5 rings (SSSR count). The molecule has 0 aromatic heterocycles. The van der Waals surface area contributed by atoms with Crippen LogP contribution in [0, 0.1) is 23.7 Å². The minimum Gasteiger partial charge on any atom is -0.497 e. The van der Waals surface area contributed by atoms with Crippen molar-refractivity contribution in [3.05, 3.63) is 127 Å². The minimum absolute atomic E-state index is 0.443. The molecule has 0 fully saturated rings. The zero-order valence-electron chi connectivity index (χ0n) is 20.5. The van der Waals surface area contributed by atoms with Gasteiger partial charge in [-0.1, -0.05) is 79.8 Å². The van der Waals surface area contributed by atoms with Gasteiger partial charge >= 0.3 is 0 Å². The average Bonchev–Trinajstić information content (AvgIpc) is 2.94. The van der Waals surface area contributed by atoms with E-state index in [0.29, 0.717) is 42.3 Å². The average molecular weight is 630 g/mol. The number of ether oxygens (including phenoxy) is 2. The molecule has 0 radical (unpaired) electrons. The summed E-state index contributed by atoms with van der Waals surface area (Å²) in [5.74, 6) is 13.8. The van der Waals surface area contributed by atoms with Crippen LogP contribution < -0.4 is 9.47 Å². The highest BCUT2D eigenvalue weighted by atomic mass is 79.9. The predicted octanol–water partition coefficient (Wildman–Crippen LogP) is 6.12. The fraction of sp³-hybridized carbons (Fsp3) is 0.125. The van der Waals surface area contributed by atoms with Gasteiger partial charge < -0.3 is 19.7 Å². The van der Waals surface area contributed by atoms with Gasteiger partial charge in [0.1, 0.15) is 11.5 Å². The van der Waals surface area contributed by atoms with Crippen LogP contribution in [0.5, 0.6) is 11.5 Å². The van der Waals surface area contributed by atoms with E-state index in [9.17, 15) is 10.2 Å². The Kier molecular flexibility index (Phi) is 7.09. The highest BCUT2D eigenvalue weighted by molar-refractivity contribution is 9.10. The van der Waals surface area contributed by atoms with Gasteiger partial charge in [-0.3, -0.25) is 0 Å². The lowest BCUT2D eigenvalue weighted by Crippen LogP contribution is -2.42. The lowest BCUT2D eigenvalue weighted by molar-refractivity contribution is 0.0932. The standard InChI is InChI=1S/C32H22Br2O4/c1-37-23-13-9-21(10-14-23)17-19-31(35)25-5-3-8-28(34)30(25)32(36,26-6-4-7-27(33)29(26)31)20-18-22-11-15-24(38-2)16-12-22/h3-16,35-36H,1-2H3/t31-,32-/m0/s1. The van der Waals surface area contributed by atoms with Gasteiger partial charge in [0.25, 0.3) is 0 Å². The van der Waals surface area contributed by atoms with Crippen LogP contribution in [0.1, 0.15) is 33.4 Å². The largest absolute Gasteiger partial charge is 0.497 e. The van der Waals surface area contributed by atoms with Crippen molar-refractivity contribution in [2.75, 3.05) is 14.2 Å². The summed E-state index contributed by atoms with van der Waals surface area (Å²) in [6.07, 6.45) is 0. The summed E-state index contributed by atoms with van der Waals surface area (Å²) in [6, 6.07) is 25.4. The minimum atomic E-state index is -1.73. The Hall–Kier alpha value is -3.52. The van der Waals surface area contributed by atoms with Gasteiger partial charge in [-0.2, -0.15) is 0 Å². The van der Waals surface area contributed by atoms with E-state index >= 15 is 0 Å². The van der Waals surface area contributed by atoms with E-state index < -0.39 is 11.2 Å². The first-order valence-electron chi connectivity index (χ1n) is 11.7. The number of halogens is 2. The van der Waals surface area contributed by atoms with Gasteiger partial charge in [-0.25, -0.2) is 0 Å². The van der Waals surface area contributed by atoms with E-state index in [-0.39, 0.29) is 0 Å². The van der Waals surface area contributed by atoms with Crippen LogP contribution >= 0.6 is 31.9 Å². The van der Waals surface area contributed by atoms with Crippen molar-refractivity contribution >= 4 is 31.9 Å². The van der Waals surface area contributed by atoms with Crippen LogP contribution in [-0.4, -0.2) is 24.4 Å². The Morgan fingerprint density at radius 3 is 1.29 bits per heavy atom. The van der Waals surface area contributed by atoms with Crippen LogP contribution in [0.3, 0.4) is 0 Å². The third kappa shape index (κ3) is 4.51. The fourth-order valence-electron chi connectivity index (χ4n) is 4.59. The maximum Gasteiger partial charge on any atom is 0.179 e. The monoisotopic (exact) mass is 628 g/mol. The van der Waals surface area contributed by atoms with Gasteiger partial charge in [0.05, 0.1) is 14.2 Å². The molecule has 6 heteroatoms. The van der Waals surface area contributed by atoms with Gasteiger partial charge in [0, 0.05) is 42.3 Å². The summed E-state index contributed by atoms with van der Waals surface area (Å²) in [4.78, 5) is 0. The van der Waals surface area contributed by atoms with Gasteiger partial charge in [0.2, 0.25) is 0 Å². The second kappa shape index (κ2) is 10.3. The number of hydrogen-bond acceptors (Lipinski definition) is 4. The first-order valence-corrected chi connectivity index (χ1v) is 13.3. The van der Waals surface area contributed by atoms with Crippen molar-refractivity contribution in [1.29, 1.82) is 0 Å². The van der Waals surface area contributed by atoms with Gasteiger partial charge in [-0.15, -0.1) is 0 Å². The van der Waals surface area contributed by atoms with Crippen LogP contribution in [0.15, 0.2) is 93.9 Å². The zero-order valence-corrected chi connectivity index (χ0v) is 23.7. The van der Waals surface area contributed by atoms with Crippen molar-refractivity contribution in [3.63, 3.8) is 0 Å². The smallest absolute Gasteiger partial charge is 0.179 e. The number of benzene rings is 4. The Labute approximate surface area is 238 Å². The highest BCUT2D eigenvalue weighted by Gasteiger charge is 2.50. The summed E-state index contributed by atoms with van der Waals surface area (Å²) in [5.41, 5.74) is -0.270. The van der Waals surface area contributed by atoms with Crippen molar-refractivity contribution in [1.82, 2.24) is 0 Å². The van der Waals surface area contributed by atoms with Crippen LogP contribution in [0.4, 0.5) is 0 Å². The summed E-state index contributed by atoms with van der Waals surface area (Å²) < 4.78 is 11.7. The molecule has 0 saturated carbocycles. The first kappa shape index (κ1) is 26.1. The van der Waals surface area contributed by atoms with Crippen molar-refractivity contribution < 1.29 is 19.7 Å². The van der Waals surface area contributed by atoms with E-state index in [2.05, 4.69) is 55.5 Å². The Morgan fingerprint density at radius 2 is 0.947 bits per heavy atom. The lowest BCUT2D eigenvalue weighted by atomic mass is 9.68. The second-order valence-corrected chi connectivity index (χ2v) is 10.4.